The number of rotatable bonds is 6. The molecule has 0 amide bonds. The molecule has 0 unspecified atom stereocenters. The summed E-state index contributed by atoms with van der Waals surface area (Å²) in [6.45, 7) is -0.502. The summed E-state index contributed by atoms with van der Waals surface area (Å²) in [5, 5.41) is 9.08. The molecule has 8 nitrogen and oxygen atoms in total. The molecule has 1 aromatic heterocycles. The number of hydrogen-bond donors (Lipinski definition) is 2. The molecule has 0 fully saturated rings. The van der Waals surface area contributed by atoms with E-state index in [0.717, 1.165) is 11.3 Å². The summed E-state index contributed by atoms with van der Waals surface area (Å²) < 4.78 is 14.6. The van der Waals surface area contributed by atoms with Crippen molar-refractivity contribution in [2.75, 3.05) is 20.0 Å². The lowest BCUT2D eigenvalue weighted by Crippen LogP contribution is -2.12. The number of nitrogens with two attached hydrogens (primary N) is 1. The fourth-order valence-corrected chi connectivity index (χ4v) is 3.15. The van der Waals surface area contributed by atoms with E-state index in [2.05, 4.69) is 9.47 Å². The quantitative estimate of drug-likeness (QED) is 0.574. The van der Waals surface area contributed by atoms with Crippen LogP contribution in [0.25, 0.3) is 0 Å². The van der Waals surface area contributed by atoms with Crippen molar-refractivity contribution in [3.63, 3.8) is 0 Å². The maximum absolute atomic E-state index is 12.2. The zero-order chi connectivity index (χ0) is 19.3. The van der Waals surface area contributed by atoms with Gasteiger partial charge in [-0.05, 0) is 17.7 Å². The first-order chi connectivity index (χ1) is 12.4. The first kappa shape index (κ1) is 19.4. The van der Waals surface area contributed by atoms with E-state index in [-0.39, 0.29) is 39.8 Å². The fourth-order valence-electron chi connectivity index (χ4n) is 2.17. The second-order valence-corrected chi connectivity index (χ2v) is 6.12. The third-order valence-corrected chi connectivity index (χ3v) is 4.56. The predicted octanol–water partition coefficient (Wildman–Crippen LogP) is 1.75. The molecule has 0 aliphatic rings. The molecule has 0 saturated heterocycles. The average Bonchev–Trinajstić information content (AvgIpc) is 3.01. The number of anilines is 1. The predicted molar refractivity (Wildman–Crippen MR) is 92.9 cm³/mol. The van der Waals surface area contributed by atoms with E-state index in [4.69, 9.17) is 15.6 Å². The Kier molecular flexibility index (Phi) is 6.31. The van der Waals surface area contributed by atoms with Gasteiger partial charge in [0, 0.05) is 5.56 Å². The van der Waals surface area contributed by atoms with Crippen molar-refractivity contribution < 1.29 is 33.7 Å². The van der Waals surface area contributed by atoms with Crippen LogP contribution in [0.3, 0.4) is 0 Å². The minimum atomic E-state index is -0.743. The van der Waals surface area contributed by atoms with Crippen molar-refractivity contribution in [1.82, 2.24) is 0 Å². The van der Waals surface area contributed by atoms with Crippen molar-refractivity contribution in [3.8, 4) is 0 Å². The topological polar surface area (TPSA) is 125 Å². The Balaban J connectivity index is 2.27. The summed E-state index contributed by atoms with van der Waals surface area (Å²) in [6.07, 6.45) is 0. The van der Waals surface area contributed by atoms with Crippen LogP contribution in [-0.4, -0.2) is 37.2 Å². The van der Waals surface area contributed by atoms with E-state index in [9.17, 15) is 14.4 Å². The number of carbonyl (C=O) groups is 3. The maximum Gasteiger partial charge on any atom is 0.348 e. The first-order valence-corrected chi connectivity index (χ1v) is 8.19. The molecule has 26 heavy (non-hydrogen) atoms. The maximum atomic E-state index is 12.2. The standard InChI is InChI=1S/C17H17NO7S/c1-23-16(21)12-11(13(17(22)24-2)26-14(12)18)8-25-15(20)10-5-3-9(7-19)4-6-10/h3-6,19H,7-8,18H2,1-2H3. The molecule has 138 valence electrons. The summed E-state index contributed by atoms with van der Waals surface area (Å²) in [5.74, 6) is -2.10. The van der Waals surface area contributed by atoms with Crippen LogP contribution in [0.15, 0.2) is 24.3 Å². The molecule has 0 radical (unpaired) electrons. The Bertz CT molecular complexity index is 826. The summed E-state index contributed by atoms with van der Waals surface area (Å²) in [4.78, 5) is 36.1. The van der Waals surface area contributed by atoms with E-state index in [1.807, 2.05) is 0 Å². The van der Waals surface area contributed by atoms with Gasteiger partial charge in [0.05, 0.1) is 26.4 Å². The molecule has 2 rings (SSSR count). The lowest BCUT2D eigenvalue weighted by molar-refractivity contribution is 0.0452. The van der Waals surface area contributed by atoms with Crippen molar-refractivity contribution in [3.05, 3.63) is 51.4 Å². The first-order valence-electron chi connectivity index (χ1n) is 7.37. The SMILES string of the molecule is COC(=O)c1sc(N)c(C(=O)OC)c1COC(=O)c1ccc(CO)cc1. The molecule has 1 heterocycles. The van der Waals surface area contributed by atoms with Gasteiger partial charge in [0.25, 0.3) is 0 Å². The van der Waals surface area contributed by atoms with Crippen LogP contribution in [-0.2, 0) is 27.4 Å². The lowest BCUT2D eigenvalue weighted by atomic mass is 10.1. The minimum absolute atomic E-state index is 0.0265. The highest BCUT2D eigenvalue weighted by Crippen LogP contribution is 2.33. The largest absolute Gasteiger partial charge is 0.465 e. The Labute approximate surface area is 153 Å². The van der Waals surface area contributed by atoms with E-state index in [1.54, 1.807) is 12.1 Å². The third kappa shape index (κ3) is 4.01. The van der Waals surface area contributed by atoms with E-state index in [1.165, 1.54) is 26.4 Å². The van der Waals surface area contributed by atoms with Gasteiger partial charge < -0.3 is 25.1 Å². The van der Waals surface area contributed by atoms with Gasteiger partial charge in [-0.2, -0.15) is 0 Å². The van der Waals surface area contributed by atoms with Crippen LogP contribution in [0.1, 0.15) is 41.5 Å². The molecule has 0 aliphatic heterocycles. The summed E-state index contributed by atoms with van der Waals surface area (Å²) in [5.41, 5.74) is 6.81. The minimum Gasteiger partial charge on any atom is -0.465 e. The fraction of sp³-hybridized carbons (Fsp3) is 0.235. The highest BCUT2D eigenvalue weighted by Gasteiger charge is 2.28. The van der Waals surface area contributed by atoms with Crippen LogP contribution in [0.5, 0.6) is 0 Å². The summed E-state index contributed by atoms with van der Waals surface area (Å²) in [7, 11) is 2.37. The van der Waals surface area contributed by atoms with E-state index >= 15 is 0 Å². The normalized spacial score (nSPS) is 10.3. The molecule has 0 atom stereocenters. The zero-order valence-electron chi connectivity index (χ0n) is 14.1. The van der Waals surface area contributed by atoms with Crippen LogP contribution < -0.4 is 5.73 Å². The molecule has 9 heteroatoms. The monoisotopic (exact) mass is 379 g/mol. The second-order valence-electron chi connectivity index (χ2n) is 5.06. The highest BCUT2D eigenvalue weighted by molar-refractivity contribution is 7.18. The smallest absolute Gasteiger partial charge is 0.348 e. The van der Waals surface area contributed by atoms with Gasteiger partial charge in [-0.1, -0.05) is 12.1 Å². The number of hydrogen-bond acceptors (Lipinski definition) is 9. The zero-order valence-corrected chi connectivity index (χ0v) is 14.9. The molecule has 0 bridgehead atoms. The van der Waals surface area contributed by atoms with Crippen LogP contribution in [0.4, 0.5) is 5.00 Å². The lowest BCUT2D eigenvalue weighted by Gasteiger charge is -2.08. The molecule has 1 aromatic carbocycles. The molecule has 2 aromatic rings. The second kappa shape index (κ2) is 8.45. The Morgan fingerprint density at radius 1 is 1.04 bits per heavy atom. The Morgan fingerprint density at radius 2 is 1.65 bits per heavy atom. The van der Waals surface area contributed by atoms with Gasteiger partial charge in [0.1, 0.15) is 22.0 Å². The van der Waals surface area contributed by atoms with Crippen LogP contribution >= 0.6 is 11.3 Å². The molecular weight excluding hydrogens is 362 g/mol. The molecule has 0 saturated carbocycles. The van der Waals surface area contributed by atoms with Crippen molar-refractivity contribution in [2.45, 2.75) is 13.2 Å². The molecular formula is C17H17NO7S. The third-order valence-electron chi connectivity index (χ3n) is 3.51. The molecule has 0 spiro atoms. The number of benzene rings is 1. The van der Waals surface area contributed by atoms with Crippen LogP contribution in [0.2, 0.25) is 0 Å². The Morgan fingerprint density at radius 3 is 2.19 bits per heavy atom. The summed E-state index contributed by atoms with van der Waals surface area (Å²) >= 11 is 0.853. The van der Waals surface area contributed by atoms with Crippen LogP contribution in [0, 0.1) is 0 Å². The number of thiophene rings is 1. The van der Waals surface area contributed by atoms with Gasteiger partial charge in [-0.25, -0.2) is 14.4 Å². The van der Waals surface area contributed by atoms with E-state index in [0.29, 0.717) is 5.56 Å². The van der Waals surface area contributed by atoms with Crippen molar-refractivity contribution in [2.24, 2.45) is 0 Å². The number of nitrogen functional groups attached to an aromatic ring is 1. The number of aliphatic hydroxyl groups is 1. The summed E-state index contributed by atoms with van der Waals surface area (Å²) in [6, 6.07) is 6.16. The number of aliphatic hydroxyl groups excluding tert-OH is 1. The number of methoxy groups -OCH3 is 2. The molecule has 0 aliphatic carbocycles. The van der Waals surface area contributed by atoms with Gasteiger partial charge in [0.2, 0.25) is 0 Å². The van der Waals surface area contributed by atoms with Gasteiger partial charge in [-0.15, -0.1) is 11.3 Å². The van der Waals surface area contributed by atoms with Crippen molar-refractivity contribution >= 4 is 34.2 Å². The van der Waals surface area contributed by atoms with Crippen molar-refractivity contribution in [1.29, 1.82) is 0 Å². The van der Waals surface area contributed by atoms with E-state index < -0.39 is 17.9 Å². The average molecular weight is 379 g/mol. The number of ether oxygens (including phenoxy) is 3. The number of esters is 3. The Hall–Kier alpha value is -2.91. The molecule has 3 N–H and O–H groups in total. The highest BCUT2D eigenvalue weighted by atomic mass is 32.1. The van der Waals surface area contributed by atoms with Gasteiger partial charge in [-0.3, -0.25) is 0 Å². The van der Waals surface area contributed by atoms with Gasteiger partial charge in [0.15, 0.2) is 0 Å². The number of carbonyl (C=O) groups excluding carboxylic acids is 3. The van der Waals surface area contributed by atoms with Gasteiger partial charge >= 0.3 is 17.9 Å².